The van der Waals surface area contributed by atoms with Crippen LogP contribution in [0.4, 0.5) is 4.79 Å². The van der Waals surface area contributed by atoms with E-state index < -0.39 is 17.2 Å². The molecule has 1 rings (SSSR count). The van der Waals surface area contributed by atoms with Crippen LogP contribution in [0.1, 0.15) is 27.2 Å². The first kappa shape index (κ1) is 9.98. The summed E-state index contributed by atoms with van der Waals surface area (Å²) in [7, 11) is 0. The highest BCUT2D eigenvalue weighted by Crippen LogP contribution is 2.22. The number of hydrogen-bond donors (Lipinski definition) is 3. The summed E-state index contributed by atoms with van der Waals surface area (Å²) in [4.78, 5) is 22.1. The van der Waals surface area contributed by atoms with E-state index in [-0.39, 0.29) is 12.3 Å². The number of carbonyl (C=O) groups is 2. The molecule has 1 fully saturated rings. The van der Waals surface area contributed by atoms with Gasteiger partial charge in [0.15, 0.2) is 0 Å². The Morgan fingerprint density at radius 1 is 1.46 bits per heavy atom. The van der Waals surface area contributed by atoms with Crippen LogP contribution in [0, 0.1) is 0 Å². The van der Waals surface area contributed by atoms with Crippen LogP contribution in [0.25, 0.3) is 0 Å². The lowest BCUT2D eigenvalue weighted by atomic mass is 9.88. The van der Waals surface area contributed by atoms with E-state index in [0.29, 0.717) is 0 Å². The minimum Gasteiger partial charge on any atom is -0.390 e. The van der Waals surface area contributed by atoms with Crippen molar-refractivity contribution >= 4 is 11.9 Å². The number of carbonyl (C=O) groups excluding carboxylic acids is 2. The van der Waals surface area contributed by atoms with Crippen molar-refractivity contribution in [1.29, 1.82) is 0 Å². The van der Waals surface area contributed by atoms with E-state index >= 15 is 0 Å². The predicted octanol–water partition coefficient (Wildman–Crippen LogP) is -0.255. The molecule has 5 heteroatoms. The van der Waals surface area contributed by atoms with E-state index in [9.17, 15) is 14.7 Å². The molecule has 0 aliphatic carbocycles. The minimum absolute atomic E-state index is 0.192. The quantitative estimate of drug-likeness (QED) is 0.520. The molecule has 0 radical (unpaired) electrons. The second kappa shape index (κ2) is 2.70. The Morgan fingerprint density at radius 3 is 2.31 bits per heavy atom. The summed E-state index contributed by atoms with van der Waals surface area (Å²) in [5.41, 5.74) is -1.97. The Morgan fingerprint density at radius 2 is 2.00 bits per heavy atom. The first-order chi connectivity index (χ1) is 5.73. The highest BCUT2D eigenvalue weighted by atomic mass is 16.3. The standard InChI is InChI=1S/C8H14N2O3/c1-7(2,13)4-8(3)5(11)9-6(12)10-8/h13H,4H2,1-3H3,(H2,9,10,11,12). The van der Waals surface area contributed by atoms with Crippen molar-refractivity contribution in [2.45, 2.75) is 38.3 Å². The van der Waals surface area contributed by atoms with Gasteiger partial charge >= 0.3 is 6.03 Å². The van der Waals surface area contributed by atoms with E-state index in [1.807, 2.05) is 0 Å². The highest BCUT2D eigenvalue weighted by Gasteiger charge is 2.44. The maximum absolute atomic E-state index is 11.3. The van der Waals surface area contributed by atoms with Gasteiger partial charge in [0.1, 0.15) is 5.54 Å². The molecule has 1 aliphatic heterocycles. The molecule has 0 spiro atoms. The zero-order chi connectivity index (χ0) is 10.3. The zero-order valence-corrected chi connectivity index (χ0v) is 7.97. The summed E-state index contributed by atoms with van der Waals surface area (Å²) in [6, 6.07) is -0.503. The van der Waals surface area contributed by atoms with Gasteiger partial charge in [-0.3, -0.25) is 10.1 Å². The Labute approximate surface area is 76.5 Å². The van der Waals surface area contributed by atoms with Crippen LogP contribution in [0.2, 0.25) is 0 Å². The second-order valence-corrected chi connectivity index (χ2v) is 4.23. The lowest BCUT2D eigenvalue weighted by Crippen LogP contribution is -2.48. The number of urea groups is 1. The van der Waals surface area contributed by atoms with Crippen LogP contribution in [-0.4, -0.2) is 28.2 Å². The molecule has 0 bridgehead atoms. The number of aliphatic hydroxyl groups is 1. The van der Waals surface area contributed by atoms with E-state index in [2.05, 4.69) is 10.6 Å². The fourth-order valence-electron chi connectivity index (χ4n) is 1.57. The number of amides is 3. The third kappa shape index (κ3) is 2.18. The van der Waals surface area contributed by atoms with Gasteiger partial charge < -0.3 is 10.4 Å². The zero-order valence-electron chi connectivity index (χ0n) is 7.97. The molecule has 1 atom stereocenters. The molecule has 5 nitrogen and oxygen atoms in total. The molecule has 1 saturated heterocycles. The lowest BCUT2D eigenvalue weighted by Gasteiger charge is -2.28. The fourth-order valence-corrected chi connectivity index (χ4v) is 1.57. The molecule has 1 unspecified atom stereocenters. The fraction of sp³-hybridized carbons (Fsp3) is 0.750. The molecular formula is C8H14N2O3. The maximum Gasteiger partial charge on any atom is 0.322 e. The van der Waals surface area contributed by atoms with Crippen molar-refractivity contribution in [3.05, 3.63) is 0 Å². The van der Waals surface area contributed by atoms with Gasteiger partial charge in [-0.2, -0.15) is 0 Å². The smallest absolute Gasteiger partial charge is 0.322 e. The summed E-state index contributed by atoms with van der Waals surface area (Å²) in [5.74, 6) is -0.389. The SMILES string of the molecule is CC(C)(O)CC1(C)NC(=O)NC1=O. The summed E-state index contributed by atoms with van der Waals surface area (Å²) >= 11 is 0. The van der Waals surface area contributed by atoms with Gasteiger partial charge in [0, 0.05) is 6.42 Å². The molecule has 1 heterocycles. The number of rotatable bonds is 2. The minimum atomic E-state index is -0.991. The lowest BCUT2D eigenvalue weighted by molar-refractivity contribution is -0.125. The van der Waals surface area contributed by atoms with Gasteiger partial charge in [0.25, 0.3) is 5.91 Å². The molecule has 3 amide bonds. The van der Waals surface area contributed by atoms with E-state index in [1.165, 1.54) is 0 Å². The molecule has 3 N–H and O–H groups in total. The van der Waals surface area contributed by atoms with Gasteiger partial charge in [0.05, 0.1) is 5.60 Å². The van der Waals surface area contributed by atoms with Crippen LogP contribution in [0.3, 0.4) is 0 Å². The van der Waals surface area contributed by atoms with Gasteiger partial charge in [-0.15, -0.1) is 0 Å². The van der Waals surface area contributed by atoms with Crippen molar-refractivity contribution < 1.29 is 14.7 Å². The summed E-state index contributed by atoms with van der Waals surface area (Å²) in [5, 5.41) is 14.1. The van der Waals surface area contributed by atoms with Crippen LogP contribution in [0.5, 0.6) is 0 Å². The number of hydrogen-bond acceptors (Lipinski definition) is 3. The summed E-state index contributed by atoms with van der Waals surface area (Å²) < 4.78 is 0. The van der Waals surface area contributed by atoms with Crippen molar-refractivity contribution in [2.24, 2.45) is 0 Å². The van der Waals surface area contributed by atoms with E-state index in [1.54, 1.807) is 20.8 Å². The number of imide groups is 1. The summed E-state index contributed by atoms with van der Waals surface area (Å²) in [6.45, 7) is 4.78. The maximum atomic E-state index is 11.3. The predicted molar refractivity (Wildman–Crippen MR) is 46.0 cm³/mol. The molecule has 0 aromatic carbocycles. The average molecular weight is 186 g/mol. The Kier molecular flexibility index (Phi) is 2.07. The van der Waals surface area contributed by atoms with Crippen molar-refractivity contribution in [2.75, 3.05) is 0 Å². The average Bonchev–Trinajstić information content (AvgIpc) is 2.00. The second-order valence-electron chi connectivity index (χ2n) is 4.23. The van der Waals surface area contributed by atoms with Crippen LogP contribution < -0.4 is 10.6 Å². The Hall–Kier alpha value is -1.10. The Bertz CT molecular complexity index is 257. The number of nitrogens with one attached hydrogen (secondary N) is 2. The monoisotopic (exact) mass is 186 g/mol. The van der Waals surface area contributed by atoms with Crippen molar-refractivity contribution in [3.63, 3.8) is 0 Å². The summed E-state index contributed by atoms with van der Waals surface area (Å²) in [6.07, 6.45) is 0.192. The van der Waals surface area contributed by atoms with Gasteiger partial charge in [-0.05, 0) is 20.8 Å². The van der Waals surface area contributed by atoms with Crippen molar-refractivity contribution in [1.82, 2.24) is 10.6 Å². The van der Waals surface area contributed by atoms with E-state index in [4.69, 9.17) is 0 Å². The van der Waals surface area contributed by atoms with Gasteiger partial charge in [-0.1, -0.05) is 0 Å². The Balaban J connectivity index is 2.77. The van der Waals surface area contributed by atoms with Crippen LogP contribution >= 0.6 is 0 Å². The molecule has 0 saturated carbocycles. The van der Waals surface area contributed by atoms with E-state index in [0.717, 1.165) is 0 Å². The molecule has 13 heavy (non-hydrogen) atoms. The van der Waals surface area contributed by atoms with Crippen molar-refractivity contribution in [3.8, 4) is 0 Å². The highest BCUT2D eigenvalue weighted by molar-refractivity contribution is 6.06. The first-order valence-corrected chi connectivity index (χ1v) is 4.09. The topological polar surface area (TPSA) is 78.4 Å². The van der Waals surface area contributed by atoms with Gasteiger partial charge in [-0.25, -0.2) is 4.79 Å². The third-order valence-electron chi connectivity index (χ3n) is 1.90. The van der Waals surface area contributed by atoms with Gasteiger partial charge in [0.2, 0.25) is 0 Å². The van der Waals surface area contributed by atoms with Crippen LogP contribution in [0.15, 0.2) is 0 Å². The van der Waals surface area contributed by atoms with Crippen LogP contribution in [-0.2, 0) is 4.79 Å². The third-order valence-corrected chi connectivity index (χ3v) is 1.90. The largest absolute Gasteiger partial charge is 0.390 e. The molecular weight excluding hydrogens is 172 g/mol. The normalized spacial score (nSPS) is 28.6. The molecule has 74 valence electrons. The molecule has 1 aliphatic rings. The molecule has 0 aromatic rings. The first-order valence-electron chi connectivity index (χ1n) is 4.09. The molecule has 0 aromatic heterocycles.